The molecule has 2 unspecified atom stereocenters. The highest BCUT2D eigenvalue weighted by atomic mass is 19.4. The highest BCUT2D eigenvalue weighted by Gasteiger charge is 2.84. The van der Waals surface area contributed by atoms with Crippen molar-refractivity contribution in [3.8, 4) is 5.75 Å². The van der Waals surface area contributed by atoms with E-state index in [1.165, 1.54) is 4.74 Å². The Hall–Kier alpha value is -2.79. The summed E-state index contributed by atoms with van der Waals surface area (Å²) < 4.78 is 218. The van der Waals surface area contributed by atoms with Gasteiger partial charge in [0.2, 0.25) is 0 Å². The quantitative estimate of drug-likeness (QED) is 0.274. The first-order valence-corrected chi connectivity index (χ1v) is 10.4. The van der Waals surface area contributed by atoms with Crippen LogP contribution < -0.4 is 4.74 Å². The summed E-state index contributed by atoms with van der Waals surface area (Å²) >= 11 is 0. The summed E-state index contributed by atoms with van der Waals surface area (Å²) in [5, 5.41) is 17.8. The van der Waals surface area contributed by atoms with Crippen molar-refractivity contribution in [1.29, 1.82) is 0 Å². The predicted molar refractivity (Wildman–Crippen MR) is 99.9 cm³/mol. The molecule has 0 bridgehead atoms. The monoisotopic (exact) mass is 657 g/mol. The lowest BCUT2D eigenvalue weighted by atomic mass is 10.2. The van der Waals surface area contributed by atoms with E-state index in [0.717, 1.165) is 4.90 Å². The normalized spacial score (nSPS) is 16.1. The number of amides is 1. The molecule has 7 nitrogen and oxygen atoms in total. The van der Waals surface area contributed by atoms with Crippen LogP contribution >= 0.6 is 0 Å². The van der Waals surface area contributed by atoms with Crippen LogP contribution in [-0.4, -0.2) is 96.1 Å². The molecule has 23 heteroatoms. The maximum absolute atomic E-state index is 14.0. The van der Waals surface area contributed by atoms with Crippen molar-refractivity contribution >= 4 is 5.91 Å². The van der Waals surface area contributed by atoms with Gasteiger partial charge in [0.1, 0.15) is 5.75 Å². The van der Waals surface area contributed by atoms with Crippen molar-refractivity contribution in [1.82, 2.24) is 4.90 Å². The van der Waals surface area contributed by atoms with Gasteiger partial charge in [0.25, 0.3) is 5.91 Å². The third-order valence-corrected chi connectivity index (χ3v) is 4.63. The Morgan fingerprint density at radius 3 is 1.57 bits per heavy atom. The first-order chi connectivity index (χ1) is 18.7. The zero-order chi connectivity index (χ0) is 33.2. The van der Waals surface area contributed by atoms with E-state index in [-0.39, 0.29) is 18.7 Å². The molecular weight excluding hydrogens is 642 g/mol. The number of aliphatic hydroxyl groups is 2. The zero-order valence-corrected chi connectivity index (χ0v) is 19.7. The van der Waals surface area contributed by atoms with Crippen molar-refractivity contribution in [3.05, 3.63) is 29.8 Å². The Balaban J connectivity index is 3.24. The van der Waals surface area contributed by atoms with Crippen LogP contribution in [0.15, 0.2) is 24.3 Å². The minimum absolute atomic E-state index is 0.331. The number of aliphatic hydroxyl groups excluding tert-OH is 2. The van der Waals surface area contributed by atoms with Crippen LogP contribution in [0.3, 0.4) is 0 Å². The number of hydrogen-bond donors (Lipinski definition) is 2. The van der Waals surface area contributed by atoms with Gasteiger partial charge in [0.15, 0.2) is 0 Å². The van der Waals surface area contributed by atoms with Gasteiger partial charge in [-0.3, -0.25) is 14.3 Å². The van der Waals surface area contributed by atoms with E-state index in [1.54, 1.807) is 0 Å². The fraction of sp³-hybridized carbons (Fsp3) is 0.632. The molecule has 0 aliphatic carbocycles. The highest BCUT2D eigenvalue weighted by Crippen LogP contribution is 2.55. The van der Waals surface area contributed by atoms with E-state index in [1.807, 2.05) is 0 Å². The Kier molecular flexibility index (Phi) is 11.0. The minimum Gasteiger partial charge on any atom is -0.429 e. The molecule has 0 aliphatic heterocycles. The largest absolute Gasteiger partial charge is 0.462 e. The van der Waals surface area contributed by atoms with Gasteiger partial charge in [-0.05, 0) is 24.3 Å². The van der Waals surface area contributed by atoms with E-state index in [0.29, 0.717) is 24.3 Å². The second-order valence-electron chi connectivity index (χ2n) is 7.66. The fourth-order valence-electron chi connectivity index (χ4n) is 2.57. The van der Waals surface area contributed by atoms with E-state index < -0.39 is 73.7 Å². The van der Waals surface area contributed by atoms with Gasteiger partial charge in [-0.15, -0.1) is 0 Å². The Morgan fingerprint density at radius 1 is 0.738 bits per heavy atom. The number of ether oxygens (including phenoxy) is 3. The van der Waals surface area contributed by atoms with Crippen molar-refractivity contribution in [2.75, 3.05) is 26.3 Å². The first kappa shape index (κ1) is 37.2. The van der Waals surface area contributed by atoms with Gasteiger partial charge in [0.05, 0.1) is 13.2 Å². The number of nitrogens with zero attached hydrogens (tertiary/aromatic N) is 1. The second kappa shape index (κ2) is 12.4. The molecular formula is C19H15F16NO6. The summed E-state index contributed by atoms with van der Waals surface area (Å²) in [5.41, 5.74) is -0.381. The number of halogens is 16. The molecule has 1 aromatic rings. The molecule has 0 saturated carbocycles. The van der Waals surface area contributed by atoms with E-state index in [9.17, 15) is 75.0 Å². The first-order valence-electron chi connectivity index (χ1n) is 10.4. The standard InChI is InChI=1S/C19H15F16NO6/c20-12(13(21,22)40-10-3-1-9(2-4-10)11(39)36(5-7-37)6-8-38)41-19(34,35)15(25,17(29,30)31)42-18(32,33)14(23,24)16(26,27)28/h1-4,12,37-38H,5-8H2. The van der Waals surface area contributed by atoms with Crippen molar-refractivity contribution in [3.63, 3.8) is 0 Å². The molecule has 0 aliphatic rings. The molecule has 1 amide bonds. The van der Waals surface area contributed by atoms with Crippen LogP contribution in [0.2, 0.25) is 0 Å². The van der Waals surface area contributed by atoms with Crippen LogP contribution in [0.25, 0.3) is 0 Å². The molecule has 0 spiro atoms. The number of hydrogen-bond acceptors (Lipinski definition) is 6. The molecule has 1 aromatic carbocycles. The summed E-state index contributed by atoms with van der Waals surface area (Å²) in [6.45, 7) is -1.85. The molecule has 0 radical (unpaired) electrons. The number of carbonyl (C=O) groups excluding carboxylic acids is 1. The smallest absolute Gasteiger partial charge is 0.429 e. The van der Waals surface area contributed by atoms with Crippen LogP contribution in [0.5, 0.6) is 5.75 Å². The maximum atomic E-state index is 14.0. The van der Waals surface area contributed by atoms with E-state index in [2.05, 4.69) is 9.47 Å². The molecule has 2 N–H and O–H groups in total. The Bertz CT molecular complexity index is 1040. The predicted octanol–water partition coefficient (Wildman–Crippen LogP) is 5.03. The number of benzene rings is 1. The molecule has 0 saturated heterocycles. The summed E-state index contributed by atoms with van der Waals surface area (Å²) in [4.78, 5) is 13.1. The lowest BCUT2D eigenvalue weighted by molar-refractivity contribution is -0.543. The van der Waals surface area contributed by atoms with E-state index >= 15 is 0 Å². The van der Waals surface area contributed by atoms with Crippen LogP contribution in [-0.2, 0) is 9.47 Å². The molecule has 244 valence electrons. The zero-order valence-electron chi connectivity index (χ0n) is 19.7. The molecule has 0 fully saturated rings. The third-order valence-electron chi connectivity index (χ3n) is 4.63. The minimum atomic E-state index is -7.81. The molecule has 2 atom stereocenters. The average molecular weight is 657 g/mol. The van der Waals surface area contributed by atoms with Gasteiger partial charge in [-0.25, -0.2) is 4.39 Å². The third kappa shape index (κ3) is 7.78. The number of rotatable bonds is 14. The van der Waals surface area contributed by atoms with Gasteiger partial charge < -0.3 is 19.8 Å². The van der Waals surface area contributed by atoms with Gasteiger partial charge in [0, 0.05) is 18.7 Å². The summed E-state index contributed by atoms with van der Waals surface area (Å²) in [6, 6.07) is 2.07. The molecule has 42 heavy (non-hydrogen) atoms. The van der Waals surface area contributed by atoms with Gasteiger partial charge in [-0.1, -0.05) is 0 Å². The molecule has 0 heterocycles. The van der Waals surface area contributed by atoms with Crippen molar-refractivity contribution in [2.24, 2.45) is 0 Å². The van der Waals surface area contributed by atoms with Gasteiger partial charge in [-0.2, -0.15) is 65.9 Å². The summed E-state index contributed by atoms with van der Waals surface area (Å²) in [7, 11) is 0. The number of alkyl halides is 16. The fourth-order valence-corrected chi connectivity index (χ4v) is 2.57. The van der Waals surface area contributed by atoms with Crippen LogP contribution in [0, 0.1) is 0 Å². The highest BCUT2D eigenvalue weighted by molar-refractivity contribution is 5.94. The van der Waals surface area contributed by atoms with Crippen LogP contribution in [0.1, 0.15) is 10.4 Å². The van der Waals surface area contributed by atoms with E-state index in [4.69, 9.17) is 10.2 Å². The average Bonchev–Trinajstić information content (AvgIpc) is 2.81. The molecule has 0 aromatic heterocycles. The second-order valence-corrected chi connectivity index (χ2v) is 7.66. The lowest BCUT2D eigenvalue weighted by Crippen LogP contribution is -2.66. The summed E-state index contributed by atoms with van der Waals surface area (Å²) in [6.07, 6.45) is -41.8. The van der Waals surface area contributed by atoms with Crippen molar-refractivity contribution < 1.29 is 99.5 Å². The SMILES string of the molecule is O=C(c1ccc(OC(F)(F)C(F)OC(F)(F)C(F)(OC(F)(F)C(F)(F)C(F)(F)F)C(F)(F)F)cc1)N(CCO)CCO. The van der Waals surface area contributed by atoms with Crippen LogP contribution in [0.4, 0.5) is 70.2 Å². The van der Waals surface area contributed by atoms with Crippen molar-refractivity contribution in [2.45, 2.75) is 48.8 Å². The lowest BCUT2D eigenvalue weighted by Gasteiger charge is -2.38. The maximum Gasteiger partial charge on any atom is 0.462 e. The summed E-state index contributed by atoms with van der Waals surface area (Å²) in [5.74, 6) is -17.8. The Morgan fingerprint density at radius 2 is 1.19 bits per heavy atom. The topological polar surface area (TPSA) is 88.5 Å². The Labute approximate surface area is 222 Å². The molecule has 1 rings (SSSR count). The van der Waals surface area contributed by atoms with Gasteiger partial charge >= 0.3 is 48.8 Å². The number of carbonyl (C=O) groups is 1.